The van der Waals surface area contributed by atoms with E-state index in [0.717, 1.165) is 15.8 Å². The van der Waals surface area contributed by atoms with E-state index in [4.69, 9.17) is 4.74 Å². The summed E-state index contributed by atoms with van der Waals surface area (Å²) in [5.74, 6) is 0.287. The Balaban J connectivity index is 2.43. The number of carbonyl (C=O) groups is 1. The molecule has 0 aliphatic heterocycles. The number of aryl methyl sites for hydroxylation is 1. The van der Waals surface area contributed by atoms with Gasteiger partial charge in [0.2, 0.25) is 0 Å². The van der Waals surface area contributed by atoms with E-state index in [2.05, 4.69) is 15.3 Å². The minimum Gasteiger partial charge on any atom is -0.462 e. The van der Waals surface area contributed by atoms with Crippen molar-refractivity contribution in [1.29, 1.82) is 0 Å². The lowest BCUT2D eigenvalue weighted by atomic mass is 10.2. The van der Waals surface area contributed by atoms with Crippen LogP contribution >= 0.6 is 11.3 Å². The monoisotopic (exact) mass is 295 g/mol. The second kappa shape index (κ2) is 6.15. The summed E-state index contributed by atoms with van der Waals surface area (Å²) in [4.78, 5) is 21.5. The van der Waals surface area contributed by atoms with Crippen molar-refractivity contribution in [3.05, 3.63) is 16.8 Å². The fraction of sp³-hybridized carbons (Fsp3) is 0.462. The number of rotatable bonds is 5. The summed E-state index contributed by atoms with van der Waals surface area (Å²) in [7, 11) is 0. The molecule has 0 bridgehead atoms. The van der Waals surface area contributed by atoms with Crippen LogP contribution in [0.3, 0.4) is 0 Å². The fourth-order valence-electron chi connectivity index (χ4n) is 1.84. The molecule has 7 heteroatoms. The molecule has 0 saturated heterocycles. The standard InChI is InChI=1S/C13H17N3O3S/c1-4-19-13(18)10-8(3)9-11(14-5-7(2)17)15-6-16-12(9)20-10/h6-7,17H,4-5H2,1-3H3,(H,14,15,16)/t7-/m1/s1. The molecule has 0 spiro atoms. The van der Waals surface area contributed by atoms with Crippen molar-refractivity contribution < 1.29 is 14.6 Å². The molecule has 2 aromatic rings. The lowest BCUT2D eigenvalue weighted by molar-refractivity contribution is 0.0531. The van der Waals surface area contributed by atoms with Gasteiger partial charge in [0.1, 0.15) is 21.9 Å². The second-order valence-corrected chi connectivity index (χ2v) is 5.41. The van der Waals surface area contributed by atoms with E-state index in [1.165, 1.54) is 17.7 Å². The molecule has 0 aromatic carbocycles. The molecule has 20 heavy (non-hydrogen) atoms. The Morgan fingerprint density at radius 2 is 2.30 bits per heavy atom. The van der Waals surface area contributed by atoms with Crippen molar-refractivity contribution >= 4 is 33.3 Å². The number of aromatic nitrogens is 2. The van der Waals surface area contributed by atoms with Crippen LogP contribution in [0.2, 0.25) is 0 Å². The summed E-state index contributed by atoms with van der Waals surface area (Å²) < 4.78 is 5.04. The Hall–Kier alpha value is -1.73. The molecule has 2 aromatic heterocycles. The van der Waals surface area contributed by atoms with Gasteiger partial charge in [-0.25, -0.2) is 14.8 Å². The van der Waals surface area contributed by atoms with Crippen LogP contribution in [0.25, 0.3) is 10.2 Å². The van der Waals surface area contributed by atoms with E-state index in [0.29, 0.717) is 23.8 Å². The SMILES string of the molecule is CCOC(=O)c1sc2ncnc(NC[C@@H](C)O)c2c1C. The maximum absolute atomic E-state index is 11.9. The minimum absolute atomic E-state index is 0.338. The molecule has 0 unspecified atom stereocenters. The summed E-state index contributed by atoms with van der Waals surface area (Å²) in [6.07, 6.45) is 0.959. The molecule has 0 aliphatic rings. The highest BCUT2D eigenvalue weighted by atomic mass is 32.1. The lowest BCUT2D eigenvalue weighted by Crippen LogP contribution is -2.16. The van der Waals surface area contributed by atoms with Gasteiger partial charge in [-0.05, 0) is 26.3 Å². The molecule has 0 saturated carbocycles. The first-order valence-corrected chi connectivity index (χ1v) is 7.19. The molecule has 2 heterocycles. The highest BCUT2D eigenvalue weighted by Gasteiger charge is 2.20. The number of nitrogens with one attached hydrogen (secondary N) is 1. The molecule has 0 aliphatic carbocycles. The molecule has 0 fully saturated rings. The van der Waals surface area contributed by atoms with Crippen molar-refractivity contribution in [2.24, 2.45) is 0 Å². The summed E-state index contributed by atoms with van der Waals surface area (Å²) in [6, 6.07) is 0. The predicted octanol–water partition coefficient (Wildman–Crippen LogP) is 1.97. The number of esters is 1. The molecule has 108 valence electrons. The zero-order valence-electron chi connectivity index (χ0n) is 11.6. The first-order valence-electron chi connectivity index (χ1n) is 6.37. The smallest absolute Gasteiger partial charge is 0.348 e. The van der Waals surface area contributed by atoms with Crippen LogP contribution in [0, 0.1) is 6.92 Å². The zero-order chi connectivity index (χ0) is 14.7. The summed E-state index contributed by atoms with van der Waals surface area (Å²) in [6.45, 7) is 6.04. The number of aliphatic hydroxyl groups is 1. The van der Waals surface area contributed by atoms with Crippen LogP contribution in [0.15, 0.2) is 6.33 Å². The van der Waals surface area contributed by atoms with Gasteiger partial charge < -0.3 is 15.2 Å². The third-order valence-electron chi connectivity index (χ3n) is 2.75. The number of fused-ring (bicyclic) bond motifs is 1. The van der Waals surface area contributed by atoms with Crippen LogP contribution in [-0.4, -0.2) is 40.3 Å². The normalized spacial score (nSPS) is 12.4. The Morgan fingerprint density at radius 1 is 1.55 bits per heavy atom. The molecular weight excluding hydrogens is 278 g/mol. The van der Waals surface area contributed by atoms with E-state index < -0.39 is 6.10 Å². The summed E-state index contributed by atoms with van der Waals surface area (Å²) >= 11 is 1.29. The van der Waals surface area contributed by atoms with Gasteiger partial charge in [0, 0.05) is 6.54 Å². The van der Waals surface area contributed by atoms with Gasteiger partial charge >= 0.3 is 5.97 Å². The molecule has 2 rings (SSSR count). The summed E-state index contributed by atoms with van der Waals surface area (Å²) in [5.41, 5.74) is 0.803. The van der Waals surface area contributed by atoms with E-state index in [1.807, 2.05) is 6.92 Å². The Labute approximate surface area is 120 Å². The molecular formula is C13H17N3O3S. The van der Waals surface area contributed by atoms with Crippen molar-refractivity contribution in [3.63, 3.8) is 0 Å². The molecule has 2 N–H and O–H groups in total. The van der Waals surface area contributed by atoms with Gasteiger partial charge in [0.05, 0.1) is 18.1 Å². The first-order chi connectivity index (χ1) is 9.54. The van der Waals surface area contributed by atoms with Crippen molar-refractivity contribution in [3.8, 4) is 0 Å². The number of ether oxygens (including phenoxy) is 1. The number of hydrogen-bond acceptors (Lipinski definition) is 7. The van der Waals surface area contributed by atoms with Crippen molar-refractivity contribution in [1.82, 2.24) is 9.97 Å². The van der Waals surface area contributed by atoms with Crippen LogP contribution in [0.4, 0.5) is 5.82 Å². The van der Waals surface area contributed by atoms with Crippen molar-refractivity contribution in [2.45, 2.75) is 26.9 Å². The first kappa shape index (κ1) is 14.7. The maximum Gasteiger partial charge on any atom is 0.348 e. The average Bonchev–Trinajstić information content (AvgIpc) is 2.75. The maximum atomic E-state index is 11.9. The van der Waals surface area contributed by atoms with Crippen LogP contribution in [0.5, 0.6) is 0 Å². The highest BCUT2D eigenvalue weighted by Crippen LogP contribution is 2.33. The third kappa shape index (κ3) is 2.88. The zero-order valence-corrected chi connectivity index (χ0v) is 12.5. The predicted molar refractivity (Wildman–Crippen MR) is 78.3 cm³/mol. The van der Waals surface area contributed by atoms with Gasteiger partial charge in [0.15, 0.2) is 0 Å². The van der Waals surface area contributed by atoms with Crippen LogP contribution in [0.1, 0.15) is 29.1 Å². The largest absolute Gasteiger partial charge is 0.462 e. The molecule has 0 amide bonds. The molecule has 6 nitrogen and oxygen atoms in total. The Bertz CT molecular complexity index is 625. The quantitative estimate of drug-likeness (QED) is 0.820. The topological polar surface area (TPSA) is 84.3 Å². The fourth-order valence-corrected chi connectivity index (χ4v) is 2.88. The van der Waals surface area contributed by atoms with E-state index in [9.17, 15) is 9.90 Å². The van der Waals surface area contributed by atoms with Gasteiger partial charge in [-0.3, -0.25) is 0 Å². The second-order valence-electron chi connectivity index (χ2n) is 4.41. The molecule has 1 atom stereocenters. The highest BCUT2D eigenvalue weighted by molar-refractivity contribution is 7.20. The lowest BCUT2D eigenvalue weighted by Gasteiger charge is -2.08. The van der Waals surface area contributed by atoms with E-state index in [-0.39, 0.29) is 5.97 Å². The van der Waals surface area contributed by atoms with E-state index in [1.54, 1.807) is 13.8 Å². The van der Waals surface area contributed by atoms with Crippen LogP contribution in [-0.2, 0) is 4.74 Å². The Morgan fingerprint density at radius 3 is 2.95 bits per heavy atom. The number of anilines is 1. The number of aliphatic hydroxyl groups excluding tert-OH is 1. The van der Waals surface area contributed by atoms with Gasteiger partial charge in [-0.2, -0.15) is 0 Å². The summed E-state index contributed by atoms with van der Waals surface area (Å²) in [5, 5.41) is 13.2. The number of thiophene rings is 1. The van der Waals surface area contributed by atoms with Crippen molar-refractivity contribution in [2.75, 3.05) is 18.5 Å². The van der Waals surface area contributed by atoms with Crippen LogP contribution < -0.4 is 5.32 Å². The average molecular weight is 295 g/mol. The molecule has 0 radical (unpaired) electrons. The minimum atomic E-state index is -0.483. The number of nitrogens with zero attached hydrogens (tertiary/aromatic N) is 2. The van der Waals surface area contributed by atoms with Gasteiger partial charge in [-0.15, -0.1) is 11.3 Å². The van der Waals surface area contributed by atoms with Gasteiger partial charge in [-0.1, -0.05) is 0 Å². The van der Waals surface area contributed by atoms with Gasteiger partial charge in [0.25, 0.3) is 0 Å². The number of hydrogen-bond donors (Lipinski definition) is 2. The third-order valence-corrected chi connectivity index (χ3v) is 3.93. The van der Waals surface area contributed by atoms with E-state index >= 15 is 0 Å². The number of carbonyl (C=O) groups excluding carboxylic acids is 1. The Kier molecular flexibility index (Phi) is 4.51.